The van der Waals surface area contributed by atoms with Crippen LogP contribution in [0.1, 0.15) is 35.9 Å². The van der Waals surface area contributed by atoms with Gasteiger partial charge in [0.1, 0.15) is 17.6 Å². The number of amidine groups is 1. The molecule has 0 saturated carbocycles. The zero-order chi connectivity index (χ0) is 19.8. The van der Waals surface area contributed by atoms with Crippen LogP contribution in [0.15, 0.2) is 51.7 Å². The summed E-state index contributed by atoms with van der Waals surface area (Å²) in [5.74, 6) is -0.0726. The van der Waals surface area contributed by atoms with Crippen LogP contribution in [0.4, 0.5) is 8.78 Å². The summed E-state index contributed by atoms with van der Waals surface area (Å²) in [7, 11) is 0. The lowest BCUT2D eigenvalue weighted by Gasteiger charge is -2.26. The fraction of sp³-hybridized carbons (Fsp3) is 0.158. The van der Waals surface area contributed by atoms with Crippen LogP contribution in [-0.4, -0.2) is 21.0 Å². The van der Waals surface area contributed by atoms with E-state index >= 15 is 0 Å². The van der Waals surface area contributed by atoms with Gasteiger partial charge in [0.2, 0.25) is 11.7 Å². The summed E-state index contributed by atoms with van der Waals surface area (Å²) < 4.78 is 32.9. The number of nitrogens with one attached hydrogen (secondary N) is 1. The van der Waals surface area contributed by atoms with Crippen LogP contribution in [0.25, 0.3) is 5.57 Å². The van der Waals surface area contributed by atoms with Gasteiger partial charge in [-0.15, -0.1) is 0 Å². The van der Waals surface area contributed by atoms with E-state index < -0.39 is 17.7 Å². The van der Waals surface area contributed by atoms with Crippen molar-refractivity contribution in [3.8, 4) is 0 Å². The van der Waals surface area contributed by atoms with E-state index in [0.717, 1.165) is 0 Å². The van der Waals surface area contributed by atoms with E-state index in [4.69, 9.17) is 16.1 Å². The summed E-state index contributed by atoms with van der Waals surface area (Å²) >= 11 is 6.29. The number of pyridine rings is 1. The van der Waals surface area contributed by atoms with Gasteiger partial charge < -0.3 is 9.84 Å². The average Bonchev–Trinajstić information content (AvgIpc) is 3.07. The normalized spacial score (nSPS) is 16.8. The lowest BCUT2D eigenvalue weighted by molar-refractivity contribution is 0.391. The van der Waals surface area contributed by atoms with Crippen molar-refractivity contribution < 1.29 is 13.3 Å². The number of hydrogen-bond donors (Lipinski definition) is 1. The molecule has 0 aliphatic carbocycles. The molecular weight excluding hydrogens is 388 g/mol. The third kappa shape index (κ3) is 3.27. The zero-order valence-electron chi connectivity index (χ0n) is 14.9. The van der Waals surface area contributed by atoms with E-state index in [-0.39, 0.29) is 16.6 Å². The van der Waals surface area contributed by atoms with Gasteiger partial charge in [0.15, 0.2) is 11.7 Å². The summed E-state index contributed by atoms with van der Waals surface area (Å²) in [5, 5.41) is 7.20. The second-order valence-electron chi connectivity index (χ2n) is 6.18. The Morgan fingerprint density at radius 2 is 2.00 bits per heavy atom. The smallest absolute Gasteiger partial charge is 0.223 e. The molecule has 6 nitrogen and oxygen atoms in total. The van der Waals surface area contributed by atoms with Gasteiger partial charge in [0, 0.05) is 35.0 Å². The first-order chi connectivity index (χ1) is 13.4. The average molecular weight is 402 g/mol. The number of allylic oxidation sites excluding steroid dienone is 1. The van der Waals surface area contributed by atoms with Crippen molar-refractivity contribution in [3.05, 3.63) is 81.9 Å². The monoisotopic (exact) mass is 401 g/mol. The zero-order valence-corrected chi connectivity index (χ0v) is 15.6. The van der Waals surface area contributed by atoms with E-state index in [2.05, 4.69) is 25.4 Å². The molecule has 1 aliphatic heterocycles. The lowest BCUT2D eigenvalue weighted by atomic mass is 9.95. The first-order valence-corrected chi connectivity index (χ1v) is 8.74. The molecule has 9 heteroatoms. The summed E-state index contributed by atoms with van der Waals surface area (Å²) in [6.07, 6.45) is 1.47. The maximum Gasteiger partial charge on any atom is 0.223 e. The van der Waals surface area contributed by atoms with Gasteiger partial charge in [-0.25, -0.2) is 13.8 Å². The van der Waals surface area contributed by atoms with Crippen molar-refractivity contribution in [2.24, 2.45) is 4.99 Å². The standard InChI is InChI=1S/C19H14ClF2N5O/c1-9-15(18-25-10(2)28-27-18)16(12-6-5-11(21)8-13(12)20)26-19(24-9)17-14(22)4-3-7-23-17/h3-8,16H,1-2H3,(H,24,26). The molecule has 0 spiro atoms. The quantitative estimate of drug-likeness (QED) is 0.710. The molecule has 28 heavy (non-hydrogen) atoms. The van der Waals surface area contributed by atoms with Crippen LogP contribution in [0.3, 0.4) is 0 Å². The predicted octanol–water partition coefficient (Wildman–Crippen LogP) is 4.23. The third-order valence-corrected chi connectivity index (χ3v) is 4.58. The van der Waals surface area contributed by atoms with Gasteiger partial charge in [-0.1, -0.05) is 22.8 Å². The summed E-state index contributed by atoms with van der Waals surface area (Å²) in [4.78, 5) is 12.9. The van der Waals surface area contributed by atoms with Gasteiger partial charge in [-0.3, -0.25) is 4.99 Å². The largest absolute Gasteiger partial charge is 0.342 e. The summed E-state index contributed by atoms with van der Waals surface area (Å²) in [6.45, 7) is 3.45. The number of rotatable bonds is 3. The van der Waals surface area contributed by atoms with Crippen molar-refractivity contribution in [2.75, 3.05) is 0 Å². The highest BCUT2D eigenvalue weighted by Gasteiger charge is 2.31. The second kappa shape index (κ2) is 7.12. The molecule has 0 radical (unpaired) electrons. The lowest BCUT2D eigenvalue weighted by Crippen LogP contribution is -2.31. The van der Waals surface area contributed by atoms with Crippen LogP contribution in [0.5, 0.6) is 0 Å². The number of aliphatic imine (C=N–C) groups is 1. The van der Waals surface area contributed by atoms with Crippen molar-refractivity contribution in [3.63, 3.8) is 0 Å². The Labute approximate surface area is 164 Å². The topological polar surface area (TPSA) is 76.2 Å². The predicted molar refractivity (Wildman–Crippen MR) is 99.6 cm³/mol. The molecule has 1 N–H and O–H groups in total. The van der Waals surface area contributed by atoms with E-state index in [0.29, 0.717) is 28.5 Å². The first-order valence-electron chi connectivity index (χ1n) is 8.36. The minimum absolute atomic E-state index is 0.0634. The van der Waals surface area contributed by atoms with Gasteiger partial charge >= 0.3 is 0 Å². The van der Waals surface area contributed by atoms with Crippen molar-refractivity contribution in [2.45, 2.75) is 19.9 Å². The maximum atomic E-state index is 14.3. The molecule has 3 aromatic rings. The van der Waals surface area contributed by atoms with Gasteiger partial charge in [-0.05, 0) is 31.2 Å². The molecule has 3 heterocycles. The highest BCUT2D eigenvalue weighted by Crippen LogP contribution is 2.39. The number of hydrogen-bond acceptors (Lipinski definition) is 6. The number of benzene rings is 1. The Morgan fingerprint density at radius 3 is 2.68 bits per heavy atom. The molecule has 1 unspecified atom stereocenters. The molecule has 4 rings (SSSR count). The Balaban J connectivity index is 1.90. The van der Waals surface area contributed by atoms with Crippen LogP contribution >= 0.6 is 11.6 Å². The van der Waals surface area contributed by atoms with Crippen LogP contribution in [-0.2, 0) is 0 Å². The molecule has 1 aromatic carbocycles. The Morgan fingerprint density at radius 1 is 1.18 bits per heavy atom. The van der Waals surface area contributed by atoms with Gasteiger partial charge in [0.25, 0.3) is 0 Å². The highest BCUT2D eigenvalue weighted by molar-refractivity contribution is 6.31. The highest BCUT2D eigenvalue weighted by atomic mass is 35.5. The van der Waals surface area contributed by atoms with Crippen LogP contribution in [0.2, 0.25) is 5.02 Å². The molecular formula is C19H14ClF2N5O. The summed E-state index contributed by atoms with van der Waals surface area (Å²) in [5.41, 5.74) is 1.80. The maximum absolute atomic E-state index is 14.3. The van der Waals surface area contributed by atoms with Crippen molar-refractivity contribution >= 4 is 23.0 Å². The molecule has 2 aromatic heterocycles. The molecule has 0 amide bonds. The molecule has 1 aliphatic rings. The number of aromatic nitrogens is 3. The second-order valence-corrected chi connectivity index (χ2v) is 6.59. The Kier molecular flexibility index (Phi) is 4.64. The third-order valence-electron chi connectivity index (χ3n) is 4.25. The molecule has 142 valence electrons. The van der Waals surface area contributed by atoms with Crippen LogP contribution < -0.4 is 5.32 Å². The fourth-order valence-electron chi connectivity index (χ4n) is 3.00. The number of halogens is 3. The molecule has 0 fully saturated rings. The minimum atomic E-state index is -0.706. The minimum Gasteiger partial charge on any atom is -0.342 e. The van der Waals surface area contributed by atoms with E-state index in [1.165, 1.54) is 36.5 Å². The number of nitrogens with zero attached hydrogens (tertiary/aromatic N) is 4. The van der Waals surface area contributed by atoms with Crippen LogP contribution in [0, 0.1) is 18.6 Å². The van der Waals surface area contributed by atoms with Gasteiger partial charge in [0.05, 0.1) is 0 Å². The number of aryl methyl sites for hydroxylation is 1. The fourth-order valence-corrected chi connectivity index (χ4v) is 3.27. The van der Waals surface area contributed by atoms with E-state index in [1.54, 1.807) is 13.8 Å². The SMILES string of the molecule is CC1=C(c2noc(C)n2)C(c2ccc(F)cc2Cl)N=C(c2ncccc2F)N1. The summed E-state index contributed by atoms with van der Waals surface area (Å²) in [6, 6.07) is 6.10. The van der Waals surface area contributed by atoms with Gasteiger partial charge in [-0.2, -0.15) is 4.98 Å². The Hall–Kier alpha value is -3.13. The van der Waals surface area contributed by atoms with Crippen molar-refractivity contribution in [1.82, 2.24) is 20.4 Å². The van der Waals surface area contributed by atoms with E-state index in [1.807, 2.05) is 0 Å². The molecule has 0 bridgehead atoms. The van der Waals surface area contributed by atoms with Crippen molar-refractivity contribution in [1.29, 1.82) is 0 Å². The molecule has 1 atom stereocenters. The van der Waals surface area contributed by atoms with E-state index in [9.17, 15) is 8.78 Å². The first kappa shape index (κ1) is 18.2. The Bertz CT molecular complexity index is 1130. The molecule has 0 saturated heterocycles.